The summed E-state index contributed by atoms with van der Waals surface area (Å²) in [6.45, 7) is 11.1. The van der Waals surface area contributed by atoms with Gasteiger partial charge in [0.1, 0.15) is 11.5 Å². The van der Waals surface area contributed by atoms with Gasteiger partial charge in [-0.1, -0.05) is 20.8 Å². The van der Waals surface area contributed by atoms with E-state index in [1.54, 1.807) is 14.2 Å². The van der Waals surface area contributed by atoms with E-state index in [0.29, 0.717) is 6.04 Å². The second-order valence-electron chi connectivity index (χ2n) is 6.70. The Morgan fingerprint density at radius 2 is 1.52 bits per heavy atom. The van der Waals surface area contributed by atoms with Crippen LogP contribution < -0.4 is 14.8 Å². The number of hydrogen-bond donors (Lipinski definition) is 1. The van der Waals surface area contributed by atoms with Gasteiger partial charge in [0, 0.05) is 38.3 Å². The van der Waals surface area contributed by atoms with Crippen LogP contribution >= 0.6 is 0 Å². The minimum atomic E-state index is 0.148. The van der Waals surface area contributed by atoms with Crippen molar-refractivity contribution in [2.24, 2.45) is 5.41 Å². The molecule has 0 bridgehead atoms. The second kappa shape index (κ2) is 6.67. The fraction of sp³-hybridized carbons (Fsp3) is 0.647. The summed E-state index contributed by atoms with van der Waals surface area (Å²) in [6, 6.07) is 6.56. The largest absolute Gasteiger partial charge is 0.497 e. The van der Waals surface area contributed by atoms with Crippen LogP contribution in [0.1, 0.15) is 32.4 Å². The summed E-state index contributed by atoms with van der Waals surface area (Å²) in [4.78, 5) is 2.56. The Kier molecular flexibility index (Phi) is 5.12. The molecule has 1 aliphatic rings. The van der Waals surface area contributed by atoms with Crippen molar-refractivity contribution < 1.29 is 9.47 Å². The Morgan fingerprint density at radius 3 is 1.95 bits per heavy atom. The minimum absolute atomic E-state index is 0.148. The molecule has 2 rings (SSSR count). The van der Waals surface area contributed by atoms with Crippen LogP contribution in [0, 0.1) is 5.41 Å². The van der Waals surface area contributed by atoms with E-state index < -0.39 is 0 Å². The first-order chi connectivity index (χ1) is 9.95. The van der Waals surface area contributed by atoms with Gasteiger partial charge in [-0.25, -0.2) is 0 Å². The van der Waals surface area contributed by atoms with Crippen molar-refractivity contribution in [3.63, 3.8) is 0 Å². The van der Waals surface area contributed by atoms with E-state index in [1.807, 2.05) is 6.07 Å². The monoisotopic (exact) mass is 292 g/mol. The molecule has 4 heteroatoms. The lowest BCUT2D eigenvalue weighted by Gasteiger charge is -2.42. The van der Waals surface area contributed by atoms with Gasteiger partial charge in [0.15, 0.2) is 0 Å². The van der Waals surface area contributed by atoms with Gasteiger partial charge in [0.25, 0.3) is 0 Å². The highest BCUT2D eigenvalue weighted by molar-refractivity contribution is 5.40. The van der Waals surface area contributed by atoms with E-state index >= 15 is 0 Å². The molecular weight excluding hydrogens is 264 g/mol. The Balaban J connectivity index is 2.40. The van der Waals surface area contributed by atoms with Crippen LogP contribution in [0.25, 0.3) is 0 Å². The van der Waals surface area contributed by atoms with Gasteiger partial charge in [-0.3, -0.25) is 4.90 Å². The van der Waals surface area contributed by atoms with E-state index in [0.717, 1.165) is 37.7 Å². The molecule has 1 aromatic carbocycles. The van der Waals surface area contributed by atoms with Gasteiger partial charge in [-0.2, -0.15) is 0 Å². The van der Waals surface area contributed by atoms with Gasteiger partial charge < -0.3 is 14.8 Å². The molecule has 1 heterocycles. The van der Waals surface area contributed by atoms with Crippen molar-refractivity contribution in [1.29, 1.82) is 0 Å². The number of rotatable bonds is 4. The Bertz CT molecular complexity index is 440. The van der Waals surface area contributed by atoms with Crippen molar-refractivity contribution in [1.82, 2.24) is 10.2 Å². The van der Waals surface area contributed by atoms with Crippen molar-refractivity contribution in [2.45, 2.75) is 26.8 Å². The third kappa shape index (κ3) is 3.89. The number of benzene rings is 1. The molecule has 0 spiro atoms. The molecule has 118 valence electrons. The van der Waals surface area contributed by atoms with Crippen LogP contribution in [-0.4, -0.2) is 45.3 Å². The highest BCUT2D eigenvalue weighted by atomic mass is 16.5. The average molecular weight is 292 g/mol. The summed E-state index contributed by atoms with van der Waals surface area (Å²) < 4.78 is 10.9. The topological polar surface area (TPSA) is 33.7 Å². The lowest BCUT2D eigenvalue weighted by Crippen LogP contribution is -2.48. The molecule has 0 aliphatic carbocycles. The van der Waals surface area contributed by atoms with Gasteiger partial charge in [-0.15, -0.1) is 0 Å². The van der Waals surface area contributed by atoms with Gasteiger partial charge in [0.05, 0.1) is 14.2 Å². The number of piperazine rings is 1. The zero-order valence-corrected chi connectivity index (χ0v) is 13.9. The summed E-state index contributed by atoms with van der Waals surface area (Å²) in [7, 11) is 3.41. The molecule has 0 radical (unpaired) electrons. The molecule has 0 saturated carbocycles. The van der Waals surface area contributed by atoms with Crippen molar-refractivity contribution in [2.75, 3.05) is 40.4 Å². The third-order valence-corrected chi connectivity index (χ3v) is 4.03. The summed E-state index contributed by atoms with van der Waals surface area (Å²) in [5, 5.41) is 3.43. The zero-order chi connectivity index (χ0) is 15.5. The average Bonchev–Trinajstić information content (AvgIpc) is 2.46. The maximum atomic E-state index is 5.44. The summed E-state index contributed by atoms with van der Waals surface area (Å²) >= 11 is 0. The number of nitrogens with zero attached hydrogens (tertiary/aromatic N) is 1. The molecule has 1 saturated heterocycles. The van der Waals surface area contributed by atoms with Crippen LogP contribution in [0.15, 0.2) is 18.2 Å². The SMILES string of the molecule is COc1cc(OC)cc([C@H](N2CCNCC2)C(C)(C)C)c1. The molecule has 1 N–H and O–H groups in total. The van der Waals surface area contributed by atoms with Crippen LogP contribution in [0.2, 0.25) is 0 Å². The highest BCUT2D eigenvalue weighted by Gasteiger charge is 2.33. The zero-order valence-electron chi connectivity index (χ0n) is 13.9. The standard InChI is InChI=1S/C17H28N2O2/c1-17(2,3)16(19-8-6-18-7-9-19)13-10-14(20-4)12-15(11-13)21-5/h10-12,16,18H,6-9H2,1-5H3/t16-/m0/s1. The van der Waals surface area contributed by atoms with E-state index in [2.05, 4.69) is 43.1 Å². The van der Waals surface area contributed by atoms with Crippen LogP contribution in [0.4, 0.5) is 0 Å². The predicted octanol–water partition coefficient (Wildman–Crippen LogP) is 2.70. The van der Waals surface area contributed by atoms with Gasteiger partial charge in [-0.05, 0) is 23.1 Å². The normalized spacial score (nSPS) is 18.3. The van der Waals surface area contributed by atoms with E-state index in [1.165, 1.54) is 5.56 Å². The van der Waals surface area contributed by atoms with Crippen molar-refractivity contribution >= 4 is 0 Å². The number of methoxy groups -OCH3 is 2. The van der Waals surface area contributed by atoms with Gasteiger partial charge >= 0.3 is 0 Å². The molecule has 21 heavy (non-hydrogen) atoms. The van der Waals surface area contributed by atoms with Crippen LogP contribution in [0.5, 0.6) is 11.5 Å². The maximum Gasteiger partial charge on any atom is 0.122 e. The summed E-state index contributed by atoms with van der Waals surface area (Å²) in [6.07, 6.45) is 0. The molecule has 1 aliphatic heterocycles. The second-order valence-corrected chi connectivity index (χ2v) is 6.70. The highest BCUT2D eigenvalue weighted by Crippen LogP contribution is 2.40. The quantitative estimate of drug-likeness (QED) is 0.925. The van der Waals surface area contributed by atoms with Crippen molar-refractivity contribution in [3.05, 3.63) is 23.8 Å². The van der Waals surface area contributed by atoms with Crippen LogP contribution in [-0.2, 0) is 0 Å². The first-order valence-corrected chi connectivity index (χ1v) is 7.63. The Labute approximate surface area is 128 Å². The minimum Gasteiger partial charge on any atom is -0.497 e. The molecule has 1 fully saturated rings. The molecule has 0 amide bonds. The van der Waals surface area contributed by atoms with Crippen molar-refractivity contribution in [3.8, 4) is 11.5 Å². The lowest BCUT2D eigenvalue weighted by atomic mass is 9.80. The molecule has 0 unspecified atom stereocenters. The third-order valence-electron chi connectivity index (χ3n) is 4.03. The Hall–Kier alpha value is -1.26. The fourth-order valence-corrected chi connectivity index (χ4v) is 3.19. The number of hydrogen-bond acceptors (Lipinski definition) is 4. The van der Waals surface area contributed by atoms with E-state index in [9.17, 15) is 0 Å². The fourth-order valence-electron chi connectivity index (χ4n) is 3.19. The maximum absolute atomic E-state index is 5.44. The first kappa shape index (κ1) is 16.1. The van der Waals surface area contributed by atoms with Crippen LogP contribution in [0.3, 0.4) is 0 Å². The van der Waals surface area contributed by atoms with E-state index in [4.69, 9.17) is 9.47 Å². The molecule has 1 atom stereocenters. The van der Waals surface area contributed by atoms with E-state index in [-0.39, 0.29) is 5.41 Å². The lowest BCUT2D eigenvalue weighted by molar-refractivity contribution is 0.0859. The molecular formula is C17H28N2O2. The number of ether oxygens (including phenoxy) is 2. The predicted molar refractivity (Wildman–Crippen MR) is 86.2 cm³/mol. The summed E-state index contributed by atoms with van der Waals surface area (Å²) in [5.74, 6) is 1.71. The summed E-state index contributed by atoms with van der Waals surface area (Å²) in [5.41, 5.74) is 1.41. The number of nitrogens with one attached hydrogen (secondary N) is 1. The molecule has 0 aromatic heterocycles. The van der Waals surface area contributed by atoms with Gasteiger partial charge in [0.2, 0.25) is 0 Å². The Morgan fingerprint density at radius 1 is 1.00 bits per heavy atom. The molecule has 1 aromatic rings. The first-order valence-electron chi connectivity index (χ1n) is 7.63. The molecule has 4 nitrogen and oxygen atoms in total. The smallest absolute Gasteiger partial charge is 0.122 e.